The van der Waals surface area contributed by atoms with Gasteiger partial charge < -0.3 is 5.32 Å². The van der Waals surface area contributed by atoms with E-state index in [9.17, 15) is 4.79 Å². The van der Waals surface area contributed by atoms with Gasteiger partial charge in [0.25, 0.3) is 5.91 Å². The molecule has 0 aromatic carbocycles. The summed E-state index contributed by atoms with van der Waals surface area (Å²) in [4.78, 5) is 11.7. The topological polar surface area (TPSA) is 54.9 Å². The Balaban J connectivity index is 1.61. The van der Waals surface area contributed by atoms with Gasteiger partial charge in [0.15, 0.2) is 0 Å². The Bertz CT molecular complexity index is 398. The van der Waals surface area contributed by atoms with E-state index in [1.165, 1.54) is 6.42 Å². The van der Waals surface area contributed by atoms with E-state index in [1.54, 1.807) is 0 Å². The zero-order chi connectivity index (χ0) is 10.4. The van der Waals surface area contributed by atoms with E-state index in [-0.39, 0.29) is 5.91 Å². The number of rotatable bonds is 2. The first-order chi connectivity index (χ1) is 7.22. The summed E-state index contributed by atoms with van der Waals surface area (Å²) in [6.45, 7) is 0. The fourth-order valence-electron chi connectivity index (χ4n) is 2.38. The standard InChI is InChI=1S/C9H10ClN3OS/c10-9-13-12-8(15-9)7(14)11-6-2-4-1-5(4)3-6/h4-6H,1-3H2,(H,11,14). The molecule has 2 atom stereocenters. The third-order valence-corrected chi connectivity index (χ3v) is 4.19. The summed E-state index contributed by atoms with van der Waals surface area (Å²) in [6.07, 6.45) is 3.61. The maximum Gasteiger partial charge on any atom is 0.282 e. The van der Waals surface area contributed by atoms with E-state index in [2.05, 4.69) is 15.5 Å². The fraction of sp³-hybridized carbons (Fsp3) is 0.667. The summed E-state index contributed by atoms with van der Waals surface area (Å²) in [7, 11) is 0. The maximum absolute atomic E-state index is 11.7. The summed E-state index contributed by atoms with van der Waals surface area (Å²) < 4.78 is 0.314. The van der Waals surface area contributed by atoms with Gasteiger partial charge in [0.1, 0.15) is 0 Å². The Labute approximate surface area is 96.0 Å². The number of nitrogens with zero attached hydrogens (tertiary/aromatic N) is 2. The highest BCUT2D eigenvalue weighted by Crippen LogP contribution is 2.51. The van der Waals surface area contributed by atoms with E-state index in [0.29, 0.717) is 15.5 Å². The summed E-state index contributed by atoms with van der Waals surface area (Å²) in [5, 5.41) is 10.7. The van der Waals surface area contributed by atoms with E-state index in [1.807, 2.05) is 0 Å². The van der Waals surface area contributed by atoms with Crippen LogP contribution in [0, 0.1) is 11.8 Å². The third-order valence-electron chi connectivity index (χ3n) is 3.17. The number of nitrogens with one attached hydrogen (secondary N) is 1. The van der Waals surface area contributed by atoms with Crippen LogP contribution in [0.2, 0.25) is 4.47 Å². The summed E-state index contributed by atoms with van der Waals surface area (Å²) in [6, 6.07) is 0.337. The molecule has 0 spiro atoms. The normalized spacial score (nSPS) is 32.5. The predicted molar refractivity (Wildman–Crippen MR) is 57.0 cm³/mol. The van der Waals surface area contributed by atoms with Gasteiger partial charge in [-0.1, -0.05) is 11.3 Å². The van der Waals surface area contributed by atoms with Crippen molar-refractivity contribution >= 4 is 28.8 Å². The second-order valence-corrected chi connectivity index (χ2v) is 5.82. The molecule has 0 radical (unpaired) electrons. The second kappa shape index (κ2) is 3.42. The monoisotopic (exact) mass is 243 g/mol. The van der Waals surface area contributed by atoms with Crippen molar-refractivity contribution in [3.05, 3.63) is 9.47 Å². The van der Waals surface area contributed by atoms with Crippen LogP contribution in [0.1, 0.15) is 29.1 Å². The molecule has 3 rings (SSSR count). The van der Waals surface area contributed by atoms with E-state index < -0.39 is 0 Å². The van der Waals surface area contributed by atoms with Gasteiger partial charge in [-0.15, -0.1) is 10.2 Å². The number of amides is 1. The quantitative estimate of drug-likeness (QED) is 0.861. The van der Waals surface area contributed by atoms with Gasteiger partial charge in [0.05, 0.1) is 0 Å². The molecule has 0 aliphatic heterocycles. The lowest BCUT2D eigenvalue weighted by atomic mass is 10.1. The zero-order valence-corrected chi connectivity index (χ0v) is 9.51. The first-order valence-electron chi connectivity index (χ1n) is 5.02. The molecule has 2 aliphatic rings. The number of carbonyl (C=O) groups excluding carboxylic acids is 1. The summed E-state index contributed by atoms with van der Waals surface area (Å²) >= 11 is 6.74. The Kier molecular flexibility index (Phi) is 2.17. The van der Waals surface area contributed by atoms with Crippen molar-refractivity contribution in [1.82, 2.24) is 15.5 Å². The maximum atomic E-state index is 11.7. The number of aromatic nitrogens is 2. The highest BCUT2D eigenvalue weighted by Gasteiger charge is 2.46. The molecule has 2 unspecified atom stereocenters. The van der Waals surface area contributed by atoms with Crippen molar-refractivity contribution in [2.45, 2.75) is 25.3 Å². The average molecular weight is 244 g/mol. The van der Waals surface area contributed by atoms with Crippen molar-refractivity contribution in [3.63, 3.8) is 0 Å². The van der Waals surface area contributed by atoms with Gasteiger partial charge in [-0.2, -0.15) is 0 Å². The third kappa shape index (κ3) is 1.86. The average Bonchev–Trinajstić information content (AvgIpc) is 2.63. The molecule has 2 saturated carbocycles. The lowest BCUT2D eigenvalue weighted by molar-refractivity contribution is 0.0934. The molecule has 2 fully saturated rings. The van der Waals surface area contributed by atoms with Crippen LogP contribution < -0.4 is 5.32 Å². The van der Waals surface area contributed by atoms with Crippen molar-refractivity contribution in [3.8, 4) is 0 Å². The van der Waals surface area contributed by atoms with Gasteiger partial charge in [-0.05, 0) is 42.7 Å². The SMILES string of the molecule is O=C(NC1CC2CC2C1)c1nnc(Cl)s1. The molecule has 4 nitrogen and oxygen atoms in total. The summed E-state index contributed by atoms with van der Waals surface area (Å²) in [5.41, 5.74) is 0. The van der Waals surface area contributed by atoms with Gasteiger partial charge in [0.2, 0.25) is 9.47 Å². The summed E-state index contributed by atoms with van der Waals surface area (Å²) in [5.74, 6) is 1.60. The van der Waals surface area contributed by atoms with Crippen LogP contribution in [-0.2, 0) is 0 Å². The number of hydrogen-bond donors (Lipinski definition) is 1. The predicted octanol–water partition coefficient (Wildman–Crippen LogP) is 1.72. The number of halogens is 1. The highest BCUT2D eigenvalue weighted by atomic mass is 35.5. The van der Waals surface area contributed by atoms with Gasteiger partial charge >= 0.3 is 0 Å². The second-order valence-electron chi connectivity index (χ2n) is 4.26. The van der Waals surface area contributed by atoms with Gasteiger partial charge in [0, 0.05) is 6.04 Å². The minimum Gasteiger partial charge on any atom is -0.347 e. The van der Waals surface area contributed by atoms with Crippen LogP contribution in [0.5, 0.6) is 0 Å². The molecule has 6 heteroatoms. The molecule has 1 amide bonds. The molecule has 1 aromatic heterocycles. The van der Waals surface area contributed by atoms with Crippen molar-refractivity contribution in [2.75, 3.05) is 0 Å². The smallest absolute Gasteiger partial charge is 0.282 e. The Morgan fingerprint density at radius 2 is 2.07 bits per heavy atom. The van der Waals surface area contributed by atoms with Crippen LogP contribution in [0.3, 0.4) is 0 Å². The van der Waals surface area contributed by atoms with E-state index in [0.717, 1.165) is 36.0 Å². The minimum atomic E-state index is -0.134. The fourth-order valence-corrected chi connectivity index (χ4v) is 3.11. The molecular weight excluding hydrogens is 234 g/mol. The molecule has 1 aromatic rings. The number of fused-ring (bicyclic) bond motifs is 1. The molecule has 0 bridgehead atoms. The van der Waals surface area contributed by atoms with E-state index >= 15 is 0 Å². The Morgan fingerprint density at radius 3 is 2.67 bits per heavy atom. The molecule has 0 saturated heterocycles. The van der Waals surface area contributed by atoms with Crippen LogP contribution in [0.4, 0.5) is 0 Å². The van der Waals surface area contributed by atoms with E-state index in [4.69, 9.17) is 11.6 Å². The van der Waals surface area contributed by atoms with Gasteiger partial charge in [-0.3, -0.25) is 4.79 Å². The lowest BCUT2D eigenvalue weighted by Crippen LogP contribution is -2.33. The van der Waals surface area contributed by atoms with Crippen LogP contribution in [0.15, 0.2) is 0 Å². The van der Waals surface area contributed by atoms with Crippen molar-refractivity contribution < 1.29 is 4.79 Å². The van der Waals surface area contributed by atoms with Crippen LogP contribution >= 0.6 is 22.9 Å². The largest absolute Gasteiger partial charge is 0.347 e. The lowest BCUT2D eigenvalue weighted by Gasteiger charge is -2.12. The first-order valence-corrected chi connectivity index (χ1v) is 6.21. The molecular formula is C9H10ClN3OS. The van der Waals surface area contributed by atoms with Crippen LogP contribution in [0.25, 0.3) is 0 Å². The first kappa shape index (κ1) is 9.54. The number of carbonyl (C=O) groups is 1. The van der Waals surface area contributed by atoms with Gasteiger partial charge in [-0.25, -0.2) is 0 Å². The Hall–Kier alpha value is -0.680. The molecule has 80 valence electrons. The Morgan fingerprint density at radius 1 is 1.33 bits per heavy atom. The highest BCUT2D eigenvalue weighted by molar-refractivity contribution is 7.17. The van der Waals surface area contributed by atoms with Crippen molar-refractivity contribution in [2.24, 2.45) is 11.8 Å². The molecule has 1 heterocycles. The van der Waals surface area contributed by atoms with Crippen molar-refractivity contribution in [1.29, 1.82) is 0 Å². The number of hydrogen-bond acceptors (Lipinski definition) is 4. The minimum absolute atomic E-state index is 0.134. The molecule has 1 N–H and O–H groups in total. The molecule has 15 heavy (non-hydrogen) atoms. The van der Waals surface area contributed by atoms with Crippen LogP contribution in [-0.4, -0.2) is 22.1 Å². The molecule has 2 aliphatic carbocycles. The zero-order valence-electron chi connectivity index (χ0n) is 7.94.